The lowest BCUT2D eigenvalue weighted by Crippen LogP contribution is -2.14. The Hall–Kier alpha value is 0.250. The predicted octanol–water partition coefficient (Wildman–Crippen LogP) is 2.83. The fourth-order valence-corrected chi connectivity index (χ4v) is 1.43. The van der Waals surface area contributed by atoms with Crippen molar-refractivity contribution >= 4 is 12.4 Å². The molecule has 0 aromatic carbocycles. The Balaban J connectivity index is 0. The second-order valence-corrected chi connectivity index (χ2v) is 4.45. The second-order valence-electron chi connectivity index (χ2n) is 4.45. The third-order valence-electron chi connectivity index (χ3n) is 1.62. The Morgan fingerprint density at radius 3 is 2.00 bits per heavy atom. The molecule has 1 nitrogen and oxygen atoms in total. The molecule has 0 aromatic rings. The van der Waals surface area contributed by atoms with Crippen LogP contribution in [0.25, 0.3) is 0 Å². The van der Waals surface area contributed by atoms with Crippen molar-refractivity contribution in [2.75, 3.05) is 6.54 Å². The summed E-state index contributed by atoms with van der Waals surface area (Å²) in [5.41, 5.74) is 5.92. The van der Waals surface area contributed by atoms with E-state index in [4.69, 9.17) is 5.73 Å². The van der Waals surface area contributed by atoms with E-state index in [0.717, 1.165) is 18.9 Å². The van der Waals surface area contributed by atoms with E-state index in [1.54, 1.807) is 0 Å². The molecule has 70 valence electrons. The topological polar surface area (TPSA) is 26.0 Å². The Morgan fingerprint density at radius 2 is 1.73 bits per heavy atom. The average molecular weight is 180 g/mol. The maximum absolute atomic E-state index is 5.45. The molecule has 0 radical (unpaired) electrons. The third-order valence-corrected chi connectivity index (χ3v) is 1.62. The van der Waals surface area contributed by atoms with Gasteiger partial charge in [-0.2, -0.15) is 0 Å². The molecule has 0 saturated carbocycles. The van der Waals surface area contributed by atoms with Crippen LogP contribution < -0.4 is 5.73 Å². The summed E-state index contributed by atoms with van der Waals surface area (Å²) in [5, 5.41) is 0. The van der Waals surface area contributed by atoms with Gasteiger partial charge >= 0.3 is 0 Å². The molecule has 0 aliphatic heterocycles. The highest BCUT2D eigenvalue weighted by Gasteiger charge is 2.13. The zero-order valence-electron chi connectivity index (χ0n) is 8.18. The van der Waals surface area contributed by atoms with Crippen molar-refractivity contribution in [3.63, 3.8) is 0 Å². The summed E-state index contributed by atoms with van der Waals surface area (Å²) in [6.07, 6.45) is 2.45. The number of hydrogen-bond acceptors (Lipinski definition) is 1. The molecule has 0 rings (SSSR count). The summed E-state index contributed by atoms with van der Waals surface area (Å²) < 4.78 is 0. The van der Waals surface area contributed by atoms with Crippen LogP contribution >= 0.6 is 12.4 Å². The minimum absolute atomic E-state index is 0. The molecule has 0 aliphatic carbocycles. The van der Waals surface area contributed by atoms with Crippen LogP contribution in [0.15, 0.2) is 0 Å². The Morgan fingerprint density at radius 1 is 1.27 bits per heavy atom. The molecule has 0 heterocycles. The lowest BCUT2D eigenvalue weighted by molar-refractivity contribution is 0.299. The van der Waals surface area contributed by atoms with Gasteiger partial charge in [-0.05, 0) is 30.7 Å². The van der Waals surface area contributed by atoms with Crippen LogP contribution in [-0.4, -0.2) is 6.54 Å². The van der Waals surface area contributed by atoms with E-state index in [-0.39, 0.29) is 12.4 Å². The second kappa shape index (κ2) is 5.84. The number of hydrogen-bond donors (Lipinski definition) is 1. The van der Waals surface area contributed by atoms with Crippen LogP contribution in [0.2, 0.25) is 0 Å². The van der Waals surface area contributed by atoms with Crippen molar-refractivity contribution in [3.8, 4) is 0 Å². The first-order chi connectivity index (χ1) is 4.45. The van der Waals surface area contributed by atoms with E-state index in [0.29, 0.717) is 5.41 Å². The predicted molar refractivity (Wildman–Crippen MR) is 54.2 cm³/mol. The van der Waals surface area contributed by atoms with Gasteiger partial charge in [0.25, 0.3) is 0 Å². The maximum Gasteiger partial charge on any atom is -0.00747 e. The number of nitrogens with two attached hydrogens (primary N) is 1. The fraction of sp³-hybridized carbons (Fsp3) is 1.00. The Bertz CT molecular complexity index is 86.1. The van der Waals surface area contributed by atoms with Crippen molar-refractivity contribution in [3.05, 3.63) is 0 Å². The minimum Gasteiger partial charge on any atom is -0.330 e. The number of rotatable bonds is 3. The third kappa shape index (κ3) is 10.2. The molecule has 0 aliphatic rings. The van der Waals surface area contributed by atoms with Gasteiger partial charge in [-0.3, -0.25) is 0 Å². The monoisotopic (exact) mass is 179 g/mol. The molecule has 2 heteroatoms. The molecule has 0 aromatic heterocycles. The molecular weight excluding hydrogens is 158 g/mol. The Kier molecular flexibility index (Phi) is 7.34. The van der Waals surface area contributed by atoms with Crippen LogP contribution in [0.5, 0.6) is 0 Å². The minimum atomic E-state index is 0. The van der Waals surface area contributed by atoms with Crippen molar-refractivity contribution in [1.29, 1.82) is 0 Å². The quantitative estimate of drug-likeness (QED) is 0.709. The van der Waals surface area contributed by atoms with Crippen molar-refractivity contribution in [1.82, 2.24) is 0 Å². The summed E-state index contributed by atoms with van der Waals surface area (Å²) in [5.74, 6) is 0.782. The molecule has 0 amide bonds. The number of halogens is 1. The van der Waals surface area contributed by atoms with E-state index in [2.05, 4.69) is 27.7 Å². The first-order valence-corrected chi connectivity index (χ1v) is 4.16. The molecule has 0 bridgehead atoms. The maximum atomic E-state index is 5.45. The molecule has 0 fully saturated rings. The lowest BCUT2D eigenvalue weighted by atomic mass is 9.84. The van der Waals surface area contributed by atoms with Crippen LogP contribution in [-0.2, 0) is 0 Å². The van der Waals surface area contributed by atoms with E-state index < -0.39 is 0 Å². The highest BCUT2D eigenvalue weighted by atomic mass is 35.5. The Labute approximate surface area is 77.2 Å². The zero-order chi connectivity index (χ0) is 8.20. The van der Waals surface area contributed by atoms with Gasteiger partial charge in [0, 0.05) is 0 Å². The molecule has 1 unspecified atom stereocenters. The van der Waals surface area contributed by atoms with Crippen molar-refractivity contribution < 1.29 is 0 Å². The van der Waals surface area contributed by atoms with E-state index in [9.17, 15) is 0 Å². The summed E-state index contributed by atoms with van der Waals surface area (Å²) in [6.45, 7) is 9.94. The zero-order valence-corrected chi connectivity index (χ0v) is 9.00. The van der Waals surface area contributed by atoms with Gasteiger partial charge in [-0.25, -0.2) is 0 Å². The largest absolute Gasteiger partial charge is 0.330 e. The molecule has 11 heavy (non-hydrogen) atoms. The standard InChI is InChI=1S/C9H21N.ClH/c1-8(5-6-10)7-9(2,3)4;/h8H,5-7,10H2,1-4H3;1H. The first-order valence-electron chi connectivity index (χ1n) is 4.16. The highest BCUT2D eigenvalue weighted by molar-refractivity contribution is 5.85. The fourth-order valence-electron chi connectivity index (χ4n) is 1.43. The van der Waals surface area contributed by atoms with Gasteiger partial charge in [0.05, 0.1) is 0 Å². The molecule has 0 spiro atoms. The summed E-state index contributed by atoms with van der Waals surface area (Å²) in [6, 6.07) is 0. The van der Waals surface area contributed by atoms with Gasteiger partial charge in [0.1, 0.15) is 0 Å². The average Bonchev–Trinajstić information content (AvgIpc) is 1.59. The summed E-state index contributed by atoms with van der Waals surface area (Å²) in [7, 11) is 0. The van der Waals surface area contributed by atoms with Gasteiger partial charge in [-0.15, -0.1) is 12.4 Å². The molecule has 0 saturated heterocycles. The van der Waals surface area contributed by atoms with E-state index in [1.807, 2.05) is 0 Å². The summed E-state index contributed by atoms with van der Waals surface area (Å²) >= 11 is 0. The SMILES string of the molecule is CC(CCN)CC(C)(C)C.Cl. The van der Waals surface area contributed by atoms with Gasteiger partial charge < -0.3 is 5.73 Å². The van der Waals surface area contributed by atoms with Crippen LogP contribution in [0.4, 0.5) is 0 Å². The van der Waals surface area contributed by atoms with Gasteiger partial charge in [-0.1, -0.05) is 27.7 Å². The molecule has 2 N–H and O–H groups in total. The van der Waals surface area contributed by atoms with E-state index >= 15 is 0 Å². The van der Waals surface area contributed by atoms with Gasteiger partial charge in [0.15, 0.2) is 0 Å². The smallest absolute Gasteiger partial charge is 0.00747 e. The normalized spacial score (nSPS) is 13.9. The lowest BCUT2D eigenvalue weighted by Gasteiger charge is -2.22. The highest BCUT2D eigenvalue weighted by Crippen LogP contribution is 2.25. The molecular formula is C9H22ClN. The summed E-state index contributed by atoms with van der Waals surface area (Å²) in [4.78, 5) is 0. The van der Waals surface area contributed by atoms with Crippen LogP contribution in [0.1, 0.15) is 40.5 Å². The van der Waals surface area contributed by atoms with Crippen LogP contribution in [0, 0.1) is 11.3 Å². The van der Waals surface area contributed by atoms with E-state index in [1.165, 1.54) is 6.42 Å². The van der Waals surface area contributed by atoms with Crippen LogP contribution in [0.3, 0.4) is 0 Å². The van der Waals surface area contributed by atoms with Crippen molar-refractivity contribution in [2.24, 2.45) is 17.1 Å². The first kappa shape index (κ1) is 13.8. The molecule has 1 atom stereocenters. The van der Waals surface area contributed by atoms with Crippen molar-refractivity contribution in [2.45, 2.75) is 40.5 Å². The van der Waals surface area contributed by atoms with Gasteiger partial charge in [0.2, 0.25) is 0 Å².